The van der Waals surface area contributed by atoms with Crippen LogP contribution in [-0.2, 0) is 0 Å². The lowest BCUT2D eigenvalue weighted by molar-refractivity contribution is 0.733. The van der Waals surface area contributed by atoms with E-state index in [0.29, 0.717) is 5.92 Å². The minimum Gasteiger partial charge on any atom is -0.398 e. The van der Waals surface area contributed by atoms with Gasteiger partial charge in [0.2, 0.25) is 0 Å². The maximum absolute atomic E-state index is 5.93. The lowest BCUT2D eigenvalue weighted by atomic mass is 9.98. The molecule has 1 aromatic carbocycles. The van der Waals surface area contributed by atoms with Gasteiger partial charge in [0.05, 0.1) is 0 Å². The third-order valence-electron chi connectivity index (χ3n) is 2.43. The molecule has 0 saturated heterocycles. The van der Waals surface area contributed by atoms with Crippen molar-refractivity contribution in [3.8, 4) is 0 Å². The first-order valence-electron chi connectivity index (χ1n) is 4.86. The van der Waals surface area contributed by atoms with Crippen LogP contribution in [0.3, 0.4) is 0 Å². The average Bonchev–Trinajstić information content (AvgIpc) is 2.20. The highest BCUT2D eigenvalue weighted by molar-refractivity contribution is 8.02. The first-order valence-corrected chi connectivity index (χ1v) is 5.74. The molecule has 1 atom stereocenters. The first-order chi connectivity index (χ1) is 6.69. The second-order valence-corrected chi connectivity index (χ2v) is 4.40. The maximum atomic E-state index is 5.93. The number of nitrogen functional groups attached to an aromatic ring is 1. The van der Waals surface area contributed by atoms with E-state index in [1.807, 2.05) is 0 Å². The molecule has 0 radical (unpaired) electrons. The van der Waals surface area contributed by atoms with Gasteiger partial charge in [-0.1, -0.05) is 38.3 Å². The third kappa shape index (κ3) is 2.55. The summed E-state index contributed by atoms with van der Waals surface area (Å²) in [5.74, 6) is 0.583. The van der Waals surface area contributed by atoms with Crippen molar-refractivity contribution in [2.75, 3.05) is 5.73 Å². The Kier molecular flexibility index (Phi) is 4.08. The van der Waals surface area contributed by atoms with E-state index in [1.54, 1.807) is 17.2 Å². The number of nitrogens with two attached hydrogens (primary N) is 1. The molecule has 1 aromatic rings. The Balaban J connectivity index is 2.93. The van der Waals surface area contributed by atoms with Crippen LogP contribution in [-0.4, -0.2) is 0 Å². The van der Waals surface area contributed by atoms with Gasteiger partial charge in [-0.05, 0) is 35.4 Å². The minimum absolute atomic E-state index is 0.583. The molecule has 0 aromatic heterocycles. The van der Waals surface area contributed by atoms with E-state index in [1.165, 1.54) is 5.56 Å². The fourth-order valence-electron chi connectivity index (χ4n) is 1.31. The molecule has 0 spiro atoms. The average molecular weight is 207 g/mol. The molecule has 2 N–H and O–H groups in total. The minimum atomic E-state index is 0.583. The third-order valence-corrected chi connectivity index (χ3v) is 3.22. The molecule has 2 heteroatoms. The van der Waals surface area contributed by atoms with Crippen molar-refractivity contribution in [2.45, 2.75) is 31.1 Å². The Labute approximate surface area is 90.4 Å². The van der Waals surface area contributed by atoms with Gasteiger partial charge in [-0.15, -0.1) is 0 Å². The summed E-state index contributed by atoms with van der Waals surface area (Å²) < 4.78 is 0. The van der Waals surface area contributed by atoms with E-state index in [-0.39, 0.29) is 0 Å². The van der Waals surface area contributed by atoms with E-state index < -0.39 is 0 Å². The molecular weight excluding hydrogens is 190 g/mol. The van der Waals surface area contributed by atoms with Crippen molar-refractivity contribution in [2.24, 2.45) is 0 Å². The summed E-state index contributed by atoms with van der Waals surface area (Å²) in [6, 6.07) is 6.29. The molecular formula is C12H17NS. The zero-order chi connectivity index (χ0) is 10.6. The van der Waals surface area contributed by atoms with Crippen molar-refractivity contribution in [1.82, 2.24) is 0 Å². The predicted octanol–water partition coefficient (Wildman–Crippen LogP) is 4.02. The van der Waals surface area contributed by atoms with E-state index in [9.17, 15) is 0 Å². The molecule has 0 heterocycles. The van der Waals surface area contributed by atoms with E-state index in [0.717, 1.165) is 17.0 Å². The second-order valence-electron chi connectivity index (χ2n) is 3.39. The number of hydrogen-bond donors (Lipinski definition) is 1. The molecule has 0 bridgehead atoms. The Morgan fingerprint density at radius 1 is 1.57 bits per heavy atom. The monoisotopic (exact) mass is 207 g/mol. The van der Waals surface area contributed by atoms with Crippen molar-refractivity contribution in [3.05, 3.63) is 35.7 Å². The van der Waals surface area contributed by atoms with Gasteiger partial charge in [-0.3, -0.25) is 0 Å². The van der Waals surface area contributed by atoms with Crippen molar-refractivity contribution < 1.29 is 0 Å². The second kappa shape index (κ2) is 5.11. The van der Waals surface area contributed by atoms with Gasteiger partial charge in [-0.25, -0.2) is 0 Å². The van der Waals surface area contributed by atoms with Crippen molar-refractivity contribution in [3.63, 3.8) is 0 Å². The summed E-state index contributed by atoms with van der Waals surface area (Å²) in [6.07, 6.45) is 1.15. The maximum Gasteiger partial charge on any atom is 0.0458 e. The molecule has 76 valence electrons. The Bertz CT molecular complexity index is 320. The van der Waals surface area contributed by atoms with Gasteiger partial charge in [0.1, 0.15) is 0 Å². The van der Waals surface area contributed by atoms with Crippen LogP contribution >= 0.6 is 11.8 Å². The molecule has 0 aliphatic rings. The van der Waals surface area contributed by atoms with Crippen LogP contribution in [0.25, 0.3) is 0 Å². The number of anilines is 1. The number of benzene rings is 1. The van der Waals surface area contributed by atoms with E-state index in [2.05, 4.69) is 38.6 Å². The molecule has 0 fully saturated rings. The molecule has 1 unspecified atom stereocenters. The van der Waals surface area contributed by atoms with E-state index in [4.69, 9.17) is 5.73 Å². The molecule has 1 nitrogen and oxygen atoms in total. The topological polar surface area (TPSA) is 26.0 Å². The molecule has 0 amide bonds. The summed E-state index contributed by atoms with van der Waals surface area (Å²) in [7, 11) is 0. The van der Waals surface area contributed by atoms with Crippen LogP contribution in [0.1, 0.15) is 31.7 Å². The van der Waals surface area contributed by atoms with Crippen LogP contribution in [0.2, 0.25) is 0 Å². The predicted molar refractivity (Wildman–Crippen MR) is 65.6 cm³/mol. The summed E-state index contributed by atoms with van der Waals surface area (Å²) >= 11 is 1.57. The molecule has 0 aliphatic carbocycles. The first kappa shape index (κ1) is 11.2. The lowest BCUT2D eigenvalue weighted by Gasteiger charge is -2.11. The smallest absolute Gasteiger partial charge is 0.0458 e. The number of rotatable bonds is 4. The van der Waals surface area contributed by atoms with Crippen LogP contribution in [0.15, 0.2) is 35.1 Å². The largest absolute Gasteiger partial charge is 0.398 e. The molecule has 1 rings (SSSR count). The Morgan fingerprint density at radius 2 is 2.29 bits per heavy atom. The Morgan fingerprint density at radius 3 is 2.79 bits per heavy atom. The van der Waals surface area contributed by atoms with Gasteiger partial charge in [-0.2, -0.15) is 0 Å². The summed E-state index contributed by atoms with van der Waals surface area (Å²) in [5.41, 5.74) is 8.10. The van der Waals surface area contributed by atoms with Crippen LogP contribution in [0, 0.1) is 0 Å². The summed E-state index contributed by atoms with van der Waals surface area (Å²) in [6.45, 7) is 8.08. The highest BCUT2D eigenvalue weighted by Gasteiger charge is 2.05. The standard InChI is InChI=1S/C12H17NS/c1-4-9(3)10-6-7-12(14-5-2)11(13)8-10/h5-9H,2,4,13H2,1,3H3. The van der Waals surface area contributed by atoms with Gasteiger partial charge < -0.3 is 5.73 Å². The van der Waals surface area contributed by atoms with Crippen molar-refractivity contribution >= 4 is 17.4 Å². The quantitative estimate of drug-likeness (QED) is 0.596. The fraction of sp³-hybridized carbons (Fsp3) is 0.333. The van der Waals surface area contributed by atoms with Gasteiger partial charge >= 0.3 is 0 Å². The zero-order valence-electron chi connectivity index (χ0n) is 8.79. The van der Waals surface area contributed by atoms with Crippen LogP contribution < -0.4 is 5.73 Å². The molecule has 0 saturated carbocycles. The van der Waals surface area contributed by atoms with Gasteiger partial charge in [0.15, 0.2) is 0 Å². The fourth-order valence-corrected chi connectivity index (χ4v) is 1.83. The zero-order valence-corrected chi connectivity index (χ0v) is 9.60. The van der Waals surface area contributed by atoms with E-state index >= 15 is 0 Å². The van der Waals surface area contributed by atoms with Gasteiger partial charge in [0.25, 0.3) is 0 Å². The summed E-state index contributed by atoms with van der Waals surface area (Å²) in [4.78, 5) is 1.09. The van der Waals surface area contributed by atoms with Gasteiger partial charge in [0, 0.05) is 10.6 Å². The highest BCUT2D eigenvalue weighted by atomic mass is 32.2. The normalized spacial score (nSPS) is 12.4. The molecule has 14 heavy (non-hydrogen) atoms. The number of hydrogen-bond acceptors (Lipinski definition) is 2. The van der Waals surface area contributed by atoms with Crippen LogP contribution in [0.5, 0.6) is 0 Å². The van der Waals surface area contributed by atoms with Crippen molar-refractivity contribution in [1.29, 1.82) is 0 Å². The Hall–Kier alpha value is -0.890. The number of thioether (sulfide) groups is 1. The van der Waals surface area contributed by atoms with Crippen LogP contribution in [0.4, 0.5) is 5.69 Å². The highest BCUT2D eigenvalue weighted by Crippen LogP contribution is 2.29. The summed E-state index contributed by atoms with van der Waals surface area (Å²) in [5, 5.41) is 1.80. The lowest BCUT2D eigenvalue weighted by Crippen LogP contribution is -1.95. The SMILES string of the molecule is C=CSc1ccc(C(C)CC)cc1N. The molecule has 0 aliphatic heterocycles.